The van der Waals surface area contributed by atoms with Crippen molar-refractivity contribution in [2.45, 2.75) is 58.0 Å². The normalized spacial score (nSPS) is 43.3. The lowest BCUT2D eigenvalue weighted by molar-refractivity contribution is 0.0720. The van der Waals surface area contributed by atoms with E-state index in [4.69, 9.17) is 5.73 Å². The summed E-state index contributed by atoms with van der Waals surface area (Å²) in [5.74, 6) is 1.76. The molecule has 0 bridgehead atoms. The topological polar surface area (TPSA) is 29.3 Å². The first-order valence-corrected chi connectivity index (χ1v) is 7.12. The third-order valence-electron chi connectivity index (χ3n) is 5.62. The monoisotopic (exact) mass is 222 g/mol. The molecule has 3 atom stereocenters. The molecule has 1 aliphatic heterocycles. The van der Waals surface area contributed by atoms with Crippen LogP contribution in [0.15, 0.2) is 0 Å². The van der Waals surface area contributed by atoms with E-state index in [0.29, 0.717) is 18.0 Å². The van der Waals surface area contributed by atoms with Crippen LogP contribution in [0.3, 0.4) is 0 Å². The average Bonchev–Trinajstić information content (AvgIpc) is 3.11. The summed E-state index contributed by atoms with van der Waals surface area (Å²) in [6.45, 7) is 7.32. The van der Waals surface area contributed by atoms with Gasteiger partial charge in [-0.15, -0.1) is 0 Å². The average molecular weight is 222 g/mol. The number of piperidine rings is 1. The Morgan fingerprint density at radius 1 is 1.19 bits per heavy atom. The Hall–Kier alpha value is -0.0800. The minimum absolute atomic E-state index is 0.433. The molecule has 3 fully saturated rings. The number of likely N-dealkylation sites (tertiary alicyclic amines) is 1. The highest BCUT2D eigenvalue weighted by Crippen LogP contribution is 2.61. The maximum Gasteiger partial charge on any atom is 0.0108 e. The molecule has 2 saturated carbocycles. The molecule has 92 valence electrons. The molecule has 3 aliphatic rings. The fourth-order valence-corrected chi connectivity index (χ4v) is 3.65. The van der Waals surface area contributed by atoms with E-state index in [9.17, 15) is 0 Å². The Morgan fingerprint density at radius 2 is 1.88 bits per heavy atom. The standard InChI is InChI=1S/C14H26N2/c1-10-11(2)16(8-5-13(10)15)9-14(6-7-14)12-3-4-12/h10-13H,3-9,15H2,1-2H3. The highest BCUT2D eigenvalue weighted by atomic mass is 15.2. The second-order valence-corrected chi connectivity index (χ2v) is 6.66. The summed E-state index contributed by atoms with van der Waals surface area (Å²) >= 11 is 0. The number of hydrogen-bond acceptors (Lipinski definition) is 2. The van der Waals surface area contributed by atoms with Crippen LogP contribution in [-0.4, -0.2) is 30.1 Å². The van der Waals surface area contributed by atoms with Gasteiger partial charge in [-0.3, -0.25) is 4.90 Å². The minimum Gasteiger partial charge on any atom is -0.327 e. The summed E-state index contributed by atoms with van der Waals surface area (Å²) in [5.41, 5.74) is 6.92. The van der Waals surface area contributed by atoms with Gasteiger partial charge < -0.3 is 5.73 Å². The van der Waals surface area contributed by atoms with Crippen LogP contribution in [0.1, 0.15) is 46.0 Å². The van der Waals surface area contributed by atoms with E-state index in [1.54, 1.807) is 0 Å². The van der Waals surface area contributed by atoms with Crippen molar-refractivity contribution in [1.82, 2.24) is 4.90 Å². The lowest BCUT2D eigenvalue weighted by Crippen LogP contribution is -2.53. The second-order valence-electron chi connectivity index (χ2n) is 6.66. The quantitative estimate of drug-likeness (QED) is 0.793. The molecule has 0 aromatic carbocycles. The zero-order valence-corrected chi connectivity index (χ0v) is 10.8. The van der Waals surface area contributed by atoms with Crippen LogP contribution < -0.4 is 5.73 Å². The summed E-state index contributed by atoms with van der Waals surface area (Å²) in [5, 5.41) is 0. The van der Waals surface area contributed by atoms with Crippen LogP contribution in [-0.2, 0) is 0 Å². The number of nitrogens with two attached hydrogens (primary N) is 1. The molecular weight excluding hydrogens is 196 g/mol. The van der Waals surface area contributed by atoms with Crippen molar-refractivity contribution in [3.63, 3.8) is 0 Å². The van der Waals surface area contributed by atoms with Gasteiger partial charge in [-0.1, -0.05) is 6.92 Å². The summed E-state index contributed by atoms with van der Waals surface area (Å²) in [4.78, 5) is 2.74. The lowest BCUT2D eigenvalue weighted by Gasteiger charge is -2.43. The van der Waals surface area contributed by atoms with Gasteiger partial charge in [0, 0.05) is 18.6 Å². The molecule has 1 heterocycles. The van der Waals surface area contributed by atoms with Gasteiger partial charge in [0.15, 0.2) is 0 Å². The molecule has 2 aliphatic carbocycles. The van der Waals surface area contributed by atoms with E-state index < -0.39 is 0 Å². The van der Waals surface area contributed by atoms with Crippen molar-refractivity contribution in [3.05, 3.63) is 0 Å². The van der Waals surface area contributed by atoms with Gasteiger partial charge in [-0.2, -0.15) is 0 Å². The number of rotatable bonds is 3. The molecule has 0 aromatic rings. The fraction of sp³-hybridized carbons (Fsp3) is 1.00. The first-order valence-electron chi connectivity index (χ1n) is 7.12. The summed E-state index contributed by atoms with van der Waals surface area (Å²) in [6.07, 6.45) is 7.23. The van der Waals surface area contributed by atoms with Gasteiger partial charge in [0.1, 0.15) is 0 Å². The van der Waals surface area contributed by atoms with Crippen molar-refractivity contribution in [1.29, 1.82) is 0 Å². The second kappa shape index (κ2) is 3.71. The van der Waals surface area contributed by atoms with Crippen molar-refractivity contribution >= 4 is 0 Å². The van der Waals surface area contributed by atoms with Crippen LogP contribution in [0.2, 0.25) is 0 Å². The molecule has 2 N–H and O–H groups in total. The molecule has 3 rings (SSSR count). The van der Waals surface area contributed by atoms with Crippen molar-refractivity contribution < 1.29 is 0 Å². The third kappa shape index (κ3) is 1.80. The molecule has 16 heavy (non-hydrogen) atoms. The summed E-state index contributed by atoms with van der Waals surface area (Å²) in [7, 11) is 0. The number of hydrogen-bond donors (Lipinski definition) is 1. The predicted octanol–water partition coefficient (Wildman–Crippen LogP) is 2.23. The van der Waals surface area contributed by atoms with Gasteiger partial charge in [-0.05, 0) is 62.8 Å². The highest BCUT2D eigenvalue weighted by molar-refractivity contribution is 5.06. The smallest absolute Gasteiger partial charge is 0.0108 e. The van der Waals surface area contributed by atoms with Gasteiger partial charge in [-0.25, -0.2) is 0 Å². The van der Waals surface area contributed by atoms with Crippen LogP contribution >= 0.6 is 0 Å². The summed E-state index contributed by atoms with van der Waals surface area (Å²) < 4.78 is 0. The molecular formula is C14H26N2. The van der Waals surface area contributed by atoms with E-state index >= 15 is 0 Å². The van der Waals surface area contributed by atoms with Gasteiger partial charge in [0.2, 0.25) is 0 Å². The fourth-order valence-electron chi connectivity index (χ4n) is 3.65. The Kier molecular flexibility index (Phi) is 2.56. The van der Waals surface area contributed by atoms with Crippen molar-refractivity contribution in [3.8, 4) is 0 Å². The Bertz CT molecular complexity index is 268. The highest BCUT2D eigenvalue weighted by Gasteiger charge is 2.54. The van der Waals surface area contributed by atoms with Gasteiger partial charge in [0.25, 0.3) is 0 Å². The molecule has 0 aromatic heterocycles. The first kappa shape index (κ1) is 11.0. The van der Waals surface area contributed by atoms with Gasteiger partial charge in [0.05, 0.1) is 0 Å². The molecule has 3 unspecified atom stereocenters. The maximum atomic E-state index is 6.16. The SMILES string of the molecule is CC1C(N)CCN(CC2(C3CC3)CC2)C1C. The predicted molar refractivity (Wildman–Crippen MR) is 67.2 cm³/mol. The Balaban J connectivity index is 1.62. The van der Waals surface area contributed by atoms with E-state index in [1.807, 2.05) is 0 Å². The van der Waals surface area contributed by atoms with E-state index in [1.165, 1.54) is 45.2 Å². The molecule has 0 spiro atoms. The first-order chi connectivity index (χ1) is 7.62. The zero-order valence-electron chi connectivity index (χ0n) is 10.8. The molecule has 2 nitrogen and oxygen atoms in total. The maximum absolute atomic E-state index is 6.16. The molecule has 1 saturated heterocycles. The zero-order chi connectivity index (χ0) is 11.3. The number of nitrogens with zero attached hydrogens (tertiary/aromatic N) is 1. The third-order valence-corrected chi connectivity index (χ3v) is 5.62. The largest absolute Gasteiger partial charge is 0.327 e. The lowest BCUT2D eigenvalue weighted by atomic mass is 9.86. The van der Waals surface area contributed by atoms with Crippen LogP contribution in [0.4, 0.5) is 0 Å². The van der Waals surface area contributed by atoms with E-state index in [0.717, 1.165) is 11.3 Å². The molecule has 0 amide bonds. The van der Waals surface area contributed by atoms with E-state index in [-0.39, 0.29) is 0 Å². The Labute approximate surface area is 99.6 Å². The van der Waals surface area contributed by atoms with Crippen LogP contribution in [0.25, 0.3) is 0 Å². The van der Waals surface area contributed by atoms with Crippen molar-refractivity contribution in [2.24, 2.45) is 23.0 Å². The van der Waals surface area contributed by atoms with Crippen LogP contribution in [0.5, 0.6) is 0 Å². The Morgan fingerprint density at radius 3 is 2.44 bits per heavy atom. The van der Waals surface area contributed by atoms with E-state index in [2.05, 4.69) is 18.7 Å². The molecule has 2 heteroatoms. The van der Waals surface area contributed by atoms with Crippen molar-refractivity contribution in [2.75, 3.05) is 13.1 Å². The van der Waals surface area contributed by atoms with Gasteiger partial charge >= 0.3 is 0 Å². The summed E-state index contributed by atoms with van der Waals surface area (Å²) in [6, 6.07) is 1.13. The molecule has 0 radical (unpaired) electrons. The minimum atomic E-state index is 0.433. The van der Waals surface area contributed by atoms with Crippen LogP contribution in [0, 0.1) is 17.3 Å².